The summed E-state index contributed by atoms with van der Waals surface area (Å²) in [5, 5.41) is 3.40. The first-order valence-electron chi connectivity index (χ1n) is 4.96. The van der Waals surface area contributed by atoms with Crippen LogP contribution in [-0.4, -0.2) is 50.8 Å². The van der Waals surface area contributed by atoms with E-state index in [-0.39, 0.29) is 0 Å². The summed E-state index contributed by atoms with van der Waals surface area (Å²) in [5.41, 5.74) is 0. The summed E-state index contributed by atoms with van der Waals surface area (Å²) in [6, 6.07) is 0. The number of hydrogen-bond donors (Lipinski definition) is 1. The molecule has 2 aliphatic rings. The second-order valence-electron chi connectivity index (χ2n) is 3.77. The van der Waals surface area contributed by atoms with Crippen molar-refractivity contribution >= 4 is 0 Å². The zero-order chi connectivity index (χ0) is 8.23. The summed E-state index contributed by atoms with van der Waals surface area (Å²) >= 11 is 0. The highest BCUT2D eigenvalue weighted by molar-refractivity contribution is 4.75. The van der Waals surface area contributed by atoms with Gasteiger partial charge in [-0.25, -0.2) is 0 Å². The first-order valence-corrected chi connectivity index (χ1v) is 4.96. The Balaban J connectivity index is 1.69. The third kappa shape index (κ3) is 2.19. The Hall–Kier alpha value is -0.120. The smallest absolute Gasteiger partial charge is 0.0594 e. The van der Waals surface area contributed by atoms with Crippen molar-refractivity contribution in [2.45, 2.75) is 6.42 Å². The molecule has 0 aromatic carbocycles. The van der Waals surface area contributed by atoms with Crippen LogP contribution in [0.1, 0.15) is 6.42 Å². The molecule has 12 heavy (non-hydrogen) atoms. The van der Waals surface area contributed by atoms with Gasteiger partial charge in [0.1, 0.15) is 0 Å². The molecule has 2 rings (SSSR count). The van der Waals surface area contributed by atoms with E-state index >= 15 is 0 Å². The molecule has 3 heteroatoms. The summed E-state index contributed by atoms with van der Waals surface area (Å²) in [6.07, 6.45) is 1.36. The monoisotopic (exact) mass is 170 g/mol. The molecule has 0 bridgehead atoms. The van der Waals surface area contributed by atoms with Crippen LogP contribution in [0.4, 0.5) is 0 Å². The van der Waals surface area contributed by atoms with Crippen molar-refractivity contribution in [3.8, 4) is 0 Å². The van der Waals surface area contributed by atoms with Gasteiger partial charge in [-0.15, -0.1) is 0 Å². The summed E-state index contributed by atoms with van der Waals surface area (Å²) in [4.78, 5) is 2.53. The maximum Gasteiger partial charge on any atom is 0.0594 e. The van der Waals surface area contributed by atoms with Crippen molar-refractivity contribution in [3.05, 3.63) is 0 Å². The minimum Gasteiger partial charge on any atom is -0.379 e. The highest BCUT2D eigenvalue weighted by Crippen LogP contribution is 2.10. The molecule has 0 saturated carbocycles. The van der Waals surface area contributed by atoms with Crippen molar-refractivity contribution in [1.82, 2.24) is 10.2 Å². The highest BCUT2D eigenvalue weighted by Gasteiger charge is 2.19. The highest BCUT2D eigenvalue weighted by atomic mass is 16.5. The molecule has 0 amide bonds. The molecule has 0 aromatic rings. The fourth-order valence-electron chi connectivity index (χ4n) is 2.02. The van der Waals surface area contributed by atoms with Crippen LogP contribution in [0.3, 0.4) is 0 Å². The molecule has 3 nitrogen and oxygen atoms in total. The van der Waals surface area contributed by atoms with Gasteiger partial charge in [0.05, 0.1) is 13.2 Å². The van der Waals surface area contributed by atoms with Crippen LogP contribution in [0.2, 0.25) is 0 Å². The molecular formula is C9H18N2O. The molecule has 0 unspecified atom stereocenters. The number of hydrogen-bond acceptors (Lipinski definition) is 3. The molecular weight excluding hydrogens is 152 g/mol. The predicted octanol–water partition coefficient (Wildman–Crippen LogP) is -0.0719. The fourth-order valence-corrected chi connectivity index (χ4v) is 2.02. The van der Waals surface area contributed by atoms with Crippen LogP contribution in [0.15, 0.2) is 0 Å². The van der Waals surface area contributed by atoms with Crippen molar-refractivity contribution in [1.29, 1.82) is 0 Å². The van der Waals surface area contributed by atoms with Crippen molar-refractivity contribution in [3.63, 3.8) is 0 Å². The van der Waals surface area contributed by atoms with E-state index in [1.165, 1.54) is 26.1 Å². The Morgan fingerprint density at radius 1 is 1.33 bits per heavy atom. The maximum atomic E-state index is 5.31. The molecule has 0 spiro atoms. The van der Waals surface area contributed by atoms with Gasteiger partial charge < -0.3 is 10.1 Å². The largest absolute Gasteiger partial charge is 0.379 e. The lowest BCUT2D eigenvalue weighted by atomic mass is 10.1. The average Bonchev–Trinajstić information content (AvgIpc) is 2.59. The molecule has 1 atom stereocenters. The molecule has 70 valence electrons. The average molecular weight is 170 g/mol. The molecule has 1 N–H and O–H groups in total. The number of nitrogens with zero attached hydrogens (tertiary/aromatic N) is 1. The van der Waals surface area contributed by atoms with Gasteiger partial charge in [-0.2, -0.15) is 0 Å². The van der Waals surface area contributed by atoms with Gasteiger partial charge >= 0.3 is 0 Å². The van der Waals surface area contributed by atoms with E-state index in [9.17, 15) is 0 Å². The van der Waals surface area contributed by atoms with Crippen LogP contribution >= 0.6 is 0 Å². The van der Waals surface area contributed by atoms with Crippen LogP contribution in [-0.2, 0) is 4.74 Å². The Labute approximate surface area is 74.1 Å². The van der Waals surface area contributed by atoms with Crippen LogP contribution < -0.4 is 5.32 Å². The van der Waals surface area contributed by atoms with Gasteiger partial charge in [0.15, 0.2) is 0 Å². The lowest BCUT2D eigenvalue weighted by Crippen LogP contribution is -2.39. The summed E-state index contributed by atoms with van der Waals surface area (Å²) in [6.45, 7) is 7.84. The van der Waals surface area contributed by atoms with Gasteiger partial charge in [-0.3, -0.25) is 4.90 Å². The standard InChI is InChI=1S/C9H18N2O/c1-2-10-7-9(1)8-11-3-5-12-6-4-11/h9-10H,1-8H2/t9-/m0/s1. The third-order valence-electron chi connectivity index (χ3n) is 2.78. The number of rotatable bonds is 2. The Morgan fingerprint density at radius 3 is 2.83 bits per heavy atom. The van der Waals surface area contributed by atoms with E-state index in [0.717, 1.165) is 32.2 Å². The Bertz CT molecular complexity index is 128. The van der Waals surface area contributed by atoms with E-state index in [0.29, 0.717) is 0 Å². The SMILES string of the molecule is C1C[C@H](CN2CCOCC2)CN1. The third-order valence-corrected chi connectivity index (χ3v) is 2.78. The van der Waals surface area contributed by atoms with Gasteiger partial charge in [-0.05, 0) is 25.4 Å². The number of nitrogens with one attached hydrogen (secondary N) is 1. The summed E-state index contributed by atoms with van der Waals surface area (Å²) in [5.74, 6) is 0.892. The van der Waals surface area contributed by atoms with Crippen LogP contribution in [0.5, 0.6) is 0 Å². The topological polar surface area (TPSA) is 24.5 Å². The Morgan fingerprint density at radius 2 is 2.17 bits per heavy atom. The molecule has 2 saturated heterocycles. The first-order chi connectivity index (χ1) is 5.95. The maximum absolute atomic E-state index is 5.31. The molecule has 0 aromatic heterocycles. The van der Waals surface area contributed by atoms with E-state index in [2.05, 4.69) is 10.2 Å². The summed E-state index contributed by atoms with van der Waals surface area (Å²) in [7, 11) is 0. The van der Waals surface area contributed by atoms with Gasteiger partial charge in [0.25, 0.3) is 0 Å². The minimum atomic E-state index is 0.892. The number of ether oxygens (including phenoxy) is 1. The normalized spacial score (nSPS) is 32.5. The van der Waals surface area contributed by atoms with Crippen LogP contribution in [0.25, 0.3) is 0 Å². The lowest BCUT2D eigenvalue weighted by molar-refractivity contribution is 0.0319. The first kappa shape index (κ1) is 8.48. The zero-order valence-electron chi connectivity index (χ0n) is 7.59. The van der Waals surface area contributed by atoms with Crippen molar-refractivity contribution in [2.24, 2.45) is 5.92 Å². The van der Waals surface area contributed by atoms with E-state index in [4.69, 9.17) is 4.74 Å². The zero-order valence-corrected chi connectivity index (χ0v) is 7.59. The molecule has 2 aliphatic heterocycles. The van der Waals surface area contributed by atoms with E-state index in [1.807, 2.05) is 0 Å². The quantitative estimate of drug-likeness (QED) is 0.628. The summed E-state index contributed by atoms with van der Waals surface area (Å²) < 4.78 is 5.31. The molecule has 2 heterocycles. The minimum absolute atomic E-state index is 0.892. The second-order valence-corrected chi connectivity index (χ2v) is 3.77. The van der Waals surface area contributed by atoms with Crippen molar-refractivity contribution in [2.75, 3.05) is 45.9 Å². The van der Waals surface area contributed by atoms with Gasteiger partial charge in [0.2, 0.25) is 0 Å². The van der Waals surface area contributed by atoms with Gasteiger partial charge in [0, 0.05) is 19.6 Å². The number of morpholine rings is 1. The van der Waals surface area contributed by atoms with E-state index < -0.39 is 0 Å². The van der Waals surface area contributed by atoms with Crippen LogP contribution in [0, 0.1) is 5.92 Å². The second kappa shape index (κ2) is 4.21. The molecule has 0 aliphatic carbocycles. The van der Waals surface area contributed by atoms with E-state index in [1.54, 1.807) is 0 Å². The van der Waals surface area contributed by atoms with Crippen molar-refractivity contribution < 1.29 is 4.74 Å². The predicted molar refractivity (Wildman–Crippen MR) is 48.2 cm³/mol. The lowest BCUT2D eigenvalue weighted by Gasteiger charge is -2.28. The Kier molecular flexibility index (Phi) is 2.98. The molecule has 2 fully saturated rings. The fraction of sp³-hybridized carbons (Fsp3) is 1.00. The molecule has 0 radical (unpaired) electrons. The van der Waals surface area contributed by atoms with Gasteiger partial charge in [-0.1, -0.05) is 0 Å².